The van der Waals surface area contributed by atoms with Gasteiger partial charge < -0.3 is 4.74 Å². The van der Waals surface area contributed by atoms with Crippen LogP contribution in [-0.4, -0.2) is 26.6 Å². The number of para-hydroxylation sites is 2. The summed E-state index contributed by atoms with van der Waals surface area (Å²) in [7, 11) is -3.34. The zero-order chi connectivity index (χ0) is 64.8. The van der Waals surface area contributed by atoms with Gasteiger partial charge in [0.05, 0.1) is 9.79 Å². The zero-order valence-corrected chi connectivity index (χ0v) is 51.0. The quantitative estimate of drug-likeness (QED) is 0.0903. The van der Waals surface area contributed by atoms with Crippen LogP contribution in [0.2, 0.25) is 0 Å². The van der Waals surface area contributed by atoms with E-state index >= 15 is 0 Å². The number of hydrogen-bond donors (Lipinski definition) is 0. The average molecular weight is 1240 g/mol. The molecule has 0 saturated heterocycles. The molecule has 0 unspecified atom stereocenters. The Bertz CT molecular complexity index is 3730. The summed E-state index contributed by atoms with van der Waals surface area (Å²) >= 11 is 0. The SMILES string of the molecule is CC(C)(c1ccccc1)c1ccccc1.FC(F)(F)C(c1ccccc1)(c1ccccc1)C(F)(F)F.O=C(c1ccccc1)c1ccccc1.O=S(=O)(c1ccccc1)c1ccccc1.c1ccc(Cc2ccccc2)cc1.c1ccc(Oc2ccccc2)cc1. The highest BCUT2D eigenvalue weighted by Crippen LogP contribution is 2.56. The summed E-state index contributed by atoms with van der Waals surface area (Å²) < 4.78 is 111. The summed E-state index contributed by atoms with van der Waals surface area (Å²) in [6.07, 6.45) is -10.0. The van der Waals surface area contributed by atoms with E-state index in [2.05, 4.69) is 135 Å². The second-order valence-corrected chi connectivity index (χ2v) is 22.9. The molecule has 0 atom stereocenters. The molecular formula is C80H68F6O4S. The summed E-state index contributed by atoms with van der Waals surface area (Å²) in [5, 5.41) is 0. The predicted octanol–water partition coefficient (Wildman–Crippen LogP) is 21.3. The van der Waals surface area contributed by atoms with Gasteiger partial charge in [0, 0.05) is 16.5 Å². The van der Waals surface area contributed by atoms with E-state index in [-0.39, 0.29) is 11.2 Å². The minimum atomic E-state index is -5.52. The topological polar surface area (TPSA) is 60.4 Å². The number of rotatable bonds is 12. The molecule has 0 aliphatic rings. The van der Waals surface area contributed by atoms with Crippen LogP contribution in [0, 0.1) is 0 Å². The molecule has 0 bridgehead atoms. The van der Waals surface area contributed by atoms with Crippen molar-refractivity contribution in [3.8, 4) is 11.5 Å². The number of carbonyl (C=O) groups is 1. The lowest BCUT2D eigenvalue weighted by Gasteiger charge is -2.38. The maximum absolute atomic E-state index is 13.5. The molecule has 0 aromatic heterocycles. The number of alkyl halides is 6. The second kappa shape index (κ2) is 33.8. The third-order valence-corrected chi connectivity index (χ3v) is 16.0. The molecule has 12 aromatic rings. The molecule has 0 saturated carbocycles. The van der Waals surface area contributed by atoms with Gasteiger partial charge in [0.1, 0.15) is 11.5 Å². The summed E-state index contributed by atoms with van der Waals surface area (Å²) in [4.78, 5) is 12.5. The van der Waals surface area contributed by atoms with Crippen molar-refractivity contribution < 1.29 is 44.3 Å². The first-order valence-electron chi connectivity index (χ1n) is 29.1. The number of ketones is 1. The van der Waals surface area contributed by atoms with E-state index < -0.39 is 38.7 Å². The van der Waals surface area contributed by atoms with Gasteiger partial charge in [0.25, 0.3) is 0 Å². The lowest BCUT2D eigenvalue weighted by molar-refractivity contribution is -0.288. The lowest BCUT2D eigenvalue weighted by atomic mass is 9.73. The number of halogens is 6. The molecule has 91 heavy (non-hydrogen) atoms. The van der Waals surface area contributed by atoms with Crippen LogP contribution in [0.4, 0.5) is 26.3 Å². The highest BCUT2D eigenvalue weighted by Gasteiger charge is 2.72. The van der Waals surface area contributed by atoms with Crippen molar-refractivity contribution in [2.45, 2.75) is 53.2 Å². The van der Waals surface area contributed by atoms with E-state index in [1.807, 2.05) is 121 Å². The van der Waals surface area contributed by atoms with Crippen LogP contribution in [0.25, 0.3) is 0 Å². The van der Waals surface area contributed by atoms with E-state index in [1.165, 1.54) is 34.4 Å². The molecule has 0 heterocycles. The standard InChI is InChI=1S/C15H10F6.C15H16.C13H10O.C13H12.C12H10O2S.C12H10O/c16-14(17,18)13(15(19,20)21,11-7-3-1-4-8-11)12-9-5-2-6-10-12;1-15(2,13-9-5-3-6-10-13)14-11-7-4-8-12-14;14-13(11-7-3-1-4-8-11)12-9-5-2-6-10-12;1-3-7-12(8-4-1)11-13-9-5-2-6-10-13;13-15(14,11-7-3-1-4-8-11)12-9-5-2-6-10-12;1-3-7-11(8-4-1)13-12-9-5-2-6-10-12/h1-10H;3-12H,1-2H3;1-10H;1-10H,11H2;1-10H;1-10H. The number of sulfone groups is 1. The Kier molecular flexibility index (Phi) is 25.3. The van der Waals surface area contributed by atoms with Crippen LogP contribution in [0.1, 0.15) is 63.1 Å². The van der Waals surface area contributed by atoms with Crippen LogP contribution in [0.5, 0.6) is 11.5 Å². The van der Waals surface area contributed by atoms with E-state index in [9.17, 15) is 39.6 Å². The van der Waals surface area contributed by atoms with Gasteiger partial charge >= 0.3 is 12.4 Å². The Labute approximate surface area is 530 Å². The van der Waals surface area contributed by atoms with Crippen molar-refractivity contribution >= 4 is 15.6 Å². The fraction of sp³-hybridized carbons (Fsp3) is 0.0875. The van der Waals surface area contributed by atoms with Crippen molar-refractivity contribution in [2.75, 3.05) is 0 Å². The summed E-state index contributed by atoms with van der Waals surface area (Å²) in [5.41, 5.74) is 1.27. The van der Waals surface area contributed by atoms with Gasteiger partial charge in [-0.1, -0.05) is 329 Å². The Hall–Kier alpha value is -10.4. The molecule has 12 aromatic carbocycles. The largest absolute Gasteiger partial charge is 0.457 e. The van der Waals surface area contributed by atoms with Crippen molar-refractivity contribution in [1.29, 1.82) is 0 Å². The molecule has 0 aliphatic carbocycles. The minimum Gasteiger partial charge on any atom is -0.457 e. The van der Waals surface area contributed by atoms with Crippen molar-refractivity contribution in [2.24, 2.45) is 0 Å². The smallest absolute Gasteiger partial charge is 0.411 e. The highest BCUT2D eigenvalue weighted by molar-refractivity contribution is 7.91. The molecule has 0 radical (unpaired) electrons. The fourth-order valence-electron chi connectivity index (χ4n) is 9.46. The predicted molar refractivity (Wildman–Crippen MR) is 354 cm³/mol. The van der Waals surface area contributed by atoms with E-state index in [0.29, 0.717) is 9.79 Å². The number of hydrogen-bond acceptors (Lipinski definition) is 4. The van der Waals surface area contributed by atoms with Crippen molar-refractivity contribution in [3.05, 3.63) is 408 Å². The number of benzene rings is 12. The third kappa shape index (κ3) is 19.8. The summed E-state index contributed by atoms with van der Waals surface area (Å²) in [5.74, 6) is 1.81. The summed E-state index contributed by atoms with van der Waals surface area (Å²) in [6, 6.07) is 108. The van der Waals surface area contributed by atoms with Crippen LogP contribution >= 0.6 is 0 Å². The molecule has 4 nitrogen and oxygen atoms in total. The van der Waals surface area contributed by atoms with Gasteiger partial charge in [-0.05, 0) is 88.3 Å². The molecular weight excluding hydrogens is 1170 g/mol. The fourth-order valence-corrected chi connectivity index (χ4v) is 10.8. The van der Waals surface area contributed by atoms with Gasteiger partial charge in [0.2, 0.25) is 15.3 Å². The summed E-state index contributed by atoms with van der Waals surface area (Å²) in [6.45, 7) is 4.52. The molecule has 0 N–H and O–H groups in total. The Morgan fingerprint density at radius 3 is 0.791 bits per heavy atom. The molecule has 0 amide bonds. The zero-order valence-electron chi connectivity index (χ0n) is 50.2. The minimum absolute atomic E-state index is 0.0752. The first kappa shape index (κ1) is 68.1. The lowest BCUT2D eigenvalue weighted by Crippen LogP contribution is -2.54. The number of ether oxygens (including phenoxy) is 1. The molecule has 0 fully saturated rings. The maximum atomic E-state index is 13.5. The Morgan fingerprint density at radius 2 is 0.527 bits per heavy atom. The van der Waals surface area contributed by atoms with Crippen LogP contribution in [-0.2, 0) is 27.1 Å². The molecule has 12 rings (SSSR count). The third-order valence-electron chi connectivity index (χ3n) is 14.2. The van der Waals surface area contributed by atoms with Gasteiger partial charge in [-0.3, -0.25) is 4.79 Å². The first-order valence-corrected chi connectivity index (χ1v) is 30.6. The van der Waals surface area contributed by atoms with E-state index in [1.54, 1.807) is 60.7 Å². The Balaban J connectivity index is 0.000000156. The number of carbonyl (C=O) groups excluding carboxylic acids is 1. The maximum Gasteiger partial charge on any atom is 0.411 e. The van der Waals surface area contributed by atoms with Gasteiger partial charge in [-0.2, -0.15) is 26.3 Å². The van der Waals surface area contributed by atoms with E-state index in [4.69, 9.17) is 4.74 Å². The monoisotopic (exact) mass is 1240 g/mol. The van der Waals surface area contributed by atoms with Crippen LogP contribution < -0.4 is 4.74 Å². The van der Waals surface area contributed by atoms with Crippen molar-refractivity contribution in [3.63, 3.8) is 0 Å². The van der Waals surface area contributed by atoms with Crippen LogP contribution in [0.15, 0.2) is 374 Å². The second-order valence-electron chi connectivity index (χ2n) is 20.9. The van der Waals surface area contributed by atoms with Gasteiger partial charge in [-0.15, -0.1) is 0 Å². The first-order chi connectivity index (χ1) is 43.9. The molecule has 460 valence electrons. The van der Waals surface area contributed by atoms with E-state index in [0.717, 1.165) is 77.6 Å². The Morgan fingerprint density at radius 1 is 0.308 bits per heavy atom. The van der Waals surface area contributed by atoms with Gasteiger partial charge in [-0.25, -0.2) is 8.42 Å². The average Bonchev–Trinajstić information content (AvgIpc) is 0.733. The molecule has 0 aliphatic heterocycles. The molecule has 0 spiro atoms. The molecule has 11 heteroatoms. The highest BCUT2D eigenvalue weighted by atomic mass is 32.2. The van der Waals surface area contributed by atoms with Crippen LogP contribution in [0.3, 0.4) is 0 Å². The normalized spacial score (nSPS) is 11.0. The van der Waals surface area contributed by atoms with Crippen molar-refractivity contribution in [1.82, 2.24) is 0 Å². The van der Waals surface area contributed by atoms with Gasteiger partial charge in [0.15, 0.2) is 5.78 Å².